The molecule has 2 heterocycles. The normalized spacial score (nSPS) is 10.3. The summed E-state index contributed by atoms with van der Waals surface area (Å²) in [4.78, 5) is 26.8. The number of hydrogen-bond acceptors (Lipinski definition) is 4. The van der Waals surface area contributed by atoms with Crippen LogP contribution in [0, 0.1) is 0 Å². The van der Waals surface area contributed by atoms with Crippen LogP contribution in [0.4, 0.5) is 10.5 Å². The zero-order valence-electron chi connectivity index (χ0n) is 12.6. The van der Waals surface area contributed by atoms with Gasteiger partial charge >= 0.3 is 6.09 Å². The Morgan fingerprint density at radius 2 is 2.04 bits per heavy atom. The number of nitrogens with one attached hydrogen (secondary N) is 1. The van der Waals surface area contributed by atoms with Crippen LogP contribution in [0.1, 0.15) is 5.56 Å². The van der Waals surface area contributed by atoms with Crippen LogP contribution >= 0.6 is 0 Å². The van der Waals surface area contributed by atoms with Gasteiger partial charge in [0, 0.05) is 29.7 Å². The summed E-state index contributed by atoms with van der Waals surface area (Å²) < 4.78 is 1.34. The Labute approximate surface area is 137 Å². The fraction of sp³-hybridized carbons (Fsp3) is 0.0588. The zero-order chi connectivity index (χ0) is 16.9. The maximum absolute atomic E-state index is 12.0. The fourth-order valence-corrected chi connectivity index (χ4v) is 2.27. The Bertz CT molecular complexity index is 922. The molecule has 120 valence electrons. The van der Waals surface area contributed by atoms with E-state index in [4.69, 9.17) is 5.11 Å². The van der Waals surface area contributed by atoms with Crippen LogP contribution in [-0.4, -0.2) is 26.0 Å². The predicted molar refractivity (Wildman–Crippen MR) is 88.9 cm³/mol. The molecule has 0 fully saturated rings. The van der Waals surface area contributed by atoms with Crippen LogP contribution in [0.25, 0.3) is 11.3 Å². The third kappa shape index (κ3) is 3.64. The summed E-state index contributed by atoms with van der Waals surface area (Å²) in [6, 6.07) is 13.6. The van der Waals surface area contributed by atoms with Crippen LogP contribution in [0.15, 0.2) is 65.7 Å². The molecular formula is C17H14N4O3. The number of carbonyl (C=O) groups is 1. The molecule has 0 atom stereocenters. The average molecular weight is 322 g/mol. The second-order valence-corrected chi connectivity index (χ2v) is 5.09. The summed E-state index contributed by atoms with van der Waals surface area (Å²) >= 11 is 0. The fourth-order valence-electron chi connectivity index (χ4n) is 2.27. The summed E-state index contributed by atoms with van der Waals surface area (Å²) in [5, 5.41) is 15.4. The molecule has 0 spiro atoms. The second-order valence-electron chi connectivity index (χ2n) is 5.09. The number of carboxylic acid groups (broad SMARTS) is 1. The number of benzene rings is 1. The van der Waals surface area contributed by atoms with Gasteiger partial charge in [0.15, 0.2) is 0 Å². The number of amides is 1. The number of nitrogens with zero attached hydrogens (tertiary/aromatic N) is 3. The Kier molecular flexibility index (Phi) is 4.33. The SMILES string of the molecule is O=C(O)Nc1cccc(Cn2nc(-c3cccnc3)ccc2=O)c1. The Morgan fingerprint density at radius 3 is 2.79 bits per heavy atom. The van der Waals surface area contributed by atoms with Crippen molar-refractivity contribution in [1.29, 1.82) is 0 Å². The van der Waals surface area contributed by atoms with E-state index < -0.39 is 6.09 Å². The van der Waals surface area contributed by atoms with Gasteiger partial charge in [-0.25, -0.2) is 9.48 Å². The van der Waals surface area contributed by atoms with E-state index in [0.29, 0.717) is 11.4 Å². The molecule has 7 nitrogen and oxygen atoms in total. The third-order valence-electron chi connectivity index (χ3n) is 3.33. The van der Waals surface area contributed by atoms with Gasteiger partial charge in [0.1, 0.15) is 0 Å². The molecule has 1 amide bonds. The minimum atomic E-state index is -1.14. The van der Waals surface area contributed by atoms with E-state index in [1.807, 2.05) is 6.07 Å². The topological polar surface area (TPSA) is 97.1 Å². The number of anilines is 1. The molecule has 7 heteroatoms. The van der Waals surface area contributed by atoms with E-state index in [2.05, 4.69) is 15.4 Å². The van der Waals surface area contributed by atoms with Crippen molar-refractivity contribution in [3.63, 3.8) is 0 Å². The summed E-state index contributed by atoms with van der Waals surface area (Å²) in [6.45, 7) is 0.238. The van der Waals surface area contributed by atoms with E-state index in [9.17, 15) is 9.59 Å². The molecule has 0 bridgehead atoms. The number of rotatable bonds is 4. The Hall–Kier alpha value is -3.48. The first-order valence-electron chi connectivity index (χ1n) is 7.19. The van der Waals surface area contributed by atoms with Gasteiger partial charge in [-0.15, -0.1) is 0 Å². The maximum atomic E-state index is 12.0. The molecule has 0 saturated carbocycles. The molecule has 3 aromatic rings. The van der Waals surface area contributed by atoms with Crippen LogP contribution in [-0.2, 0) is 6.54 Å². The lowest BCUT2D eigenvalue weighted by Gasteiger charge is -2.08. The molecule has 0 unspecified atom stereocenters. The van der Waals surface area contributed by atoms with Crippen molar-refractivity contribution in [2.45, 2.75) is 6.54 Å². The summed E-state index contributed by atoms with van der Waals surface area (Å²) in [5.41, 5.74) is 2.42. The lowest BCUT2D eigenvalue weighted by atomic mass is 10.2. The van der Waals surface area contributed by atoms with Gasteiger partial charge in [0.25, 0.3) is 5.56 Å². The van der Waals surface area contributed by atoms with Crippen LogP contribution in [0.5, 0.6) is 0 Å². The van der Waals surface area contributed by atoms with Crippen molar-refractivity contribution >= 4 is 11.8 Å². The smallest absolute Gasteiger partial charge is 0.409 e. The highest BCUT2D eigenvalue weighted by molar-refractivity contribution is 5.82. The molecule has 0 aliphatic heterocycles. The predicted octanol–water partition coefficient (Wildman–Crippen LogP) is 2.44. The second kappa shape index (κ2) is 6.74. The molecule has 1 aromatic carbocycles. The van der Waals surface area contributed by atoms with E-state index in [0.717, 1.165) is 11.1 Å². The van der Waals surface area contributed by atoms with Crippen molar-refractivity contribution in [2.75, 3.05) is 5.32 Å². The van der Waals surface area contributed by atoms with Crippen molar-refractivity contribution < 1.29 is 9.90 Å². The van der Waals surface area contributed by atoms with Crippen LogP contribution in [0.2, 0.25) is 0 Å². The maximum Gasteiger partial charge on any atom is 0.409 e. The van der Waals surface area contributed by atoms with Crippen LogP contribution in [0.3, 0.4) is 0 Å². The zero-order valence-corrected chi connectivity index (χ0v) is 12.6. The molecule has 3 rings (SSSR count). The lowest BCUT2D eigenvalue weighted by Crippen LogP contribution is -2.23. The first-order valence-corrected chi connectivity index (χ1v) is 7.19. The third-order valence-corrected chi connectivity index (χ3v) is 3.33. The first kappa shape index (κ1) is 15.4. The highest BCUT2D eigenvalue weighted by Crippen LogP contribution is 2.14. The van der Waals surface area contributed by atoms with Gasteiger partial charge in [0.05, 0.1) is 12.2 Å². The average Bonchev–Trinajstić information content (AvgIpc) is 2.57. The Morgan fingerprint density at radius 1 is 1.17 bits per heavy atom. The quantitative estimate of drug-likeness (QED) is 0.769. The Balaban J connectivity index is 1.90. The largest absolute Gasteiger partial charge is 0.465 e. The van der Waals surface area contributed by atoms with Crippen molar-refractivity contribution in [2.24, 2.45) is 0 Å². The summed E-state index contributed by atoms with van der Waals surface area (Å²) in [6.07, 6.45) is 2.20. The minimum Gasteiger partial charge on any atom is -0.465 e. The van der Waals surface area contributed by atoms with Crippen molar-refractivity contribution in [3.05, 3.63) is 76.8 Å². The first-order chi connectivity index (χ1) is 11.6. The van der Waals surface area contributed by atoms with Gasteiger partial charge in [-0.05, 0) is 35.9 Å². The van der Waals surface area contributed by atoms with E-state index in [-0.39, 0.29) is 12.1 Å². The lowest BCUT2D eigenvalue weighted by molar-refractivity contribution is 0.210. The minimum absolute atomic E-state index is 0.237. The standard InChI is InChI=1S/C17H14N4O3/c22-16-7-6-15(13-4-2-8-18-10-13)20-21(16)11-12-3-1-5-14(9-12)19-17(23)24/h1-10,19H,11H2,(H,23,24). The van der Waals surface area contributed by atoms with E-state index >= 15 is 0 Å². The summed E-state index contributed by atoms with van der Waals surface area (Å²) in [7, 11) is 0. The van der Waals surface area contributed by atoms with Gasteiger partial charge in [-0.1, -0.05) is 12.1 Å². The van der Waals surface area contributed by atoms with E-state index in [1.165, 1.54) is 10.7 Å². The van der Waals surface area contributed by atoms with Crippen molar-refractivity contribution in [1.82, 2.24) is 14.8 Å². The van der Waals surface area contributed by atoms with E-state index in [1.54, 1.807) is 48.8 Å². The molecular weight excluding hydrogens is 308 g/mol. The summed E-state index contributed by atoms with van der Waals surface area (Å²) in [5.74, 6) is 0. The monoisotopic (exact) mass is 322 g/mol. The molecule has 0 radical (unpaired) electrons. The van der Waals surface area contributed by atoms with Gasteiger partial charge in [0.2, 0.25) is 0 Å². The molecule has 0 saturated heterocycles. The number of aromatic nitrogens is 3. The molecule has 0 aliphatic carbocycles. The number of hydrogen-bond donors (Lipinski definition) is 2. The van der Waals surface area contributed by atoms with Crippen molar-refractivity contribution in [3.8, 4) is 11.3 Å². The molecule has 24 heavy (non-hydrogen) atoms. The highest BCUT2D eigenvalue weighted by Gasteiger charge is 2.05. The number of pyridine rings is 1. The van der Waals surface area contributed by atoms with Gasteiger partial charge < -0.3 is 5.11 Å². The highest BCUT2D eigenvalue weighted by atomic mass is 16.4. The van der Waals surface area contributed by atoms with Gasteiger partial charge in [-0.2, -0.15) is 5.10 Å². The molecule has 0 aliphatic rings. The van der Waals surface area contributed by atoms with Crippen LogP contribution < -0.4 is 10.9 Å². The molecule has 2 aromatic heterocycles. The van der Waals surface area contributed by atoms with Gasteiger partial charge in [-0.3, -0.25) is 15.1 Å². The molecule has 2 N–H and O–H groups in total.